The SMILES string of the molecule is C[C@H](NC(=O)COC(=O)c1ccc(CN2CCOCC2)cc1)c1cccc(Cl)c1. The number of hydrogen-bond acceptors (Lipinski definition) is 5. The number of benzene rings is 2. The lowest BCUT2D eigenvalue weighted by molar-refractivity contribution is -0.124. The van der Waals surface area contributed by atoms with Crippen LogP contribution in [0.3, 0.4) is 0 Å². The molecule has 1 N–H and O–H groups in total. The molecule has 0 bridgehead atoms. The van der Waals surface area contributed by atoms with Gasteiger partial charge in [0, 0.05) is 24.7 Å². The topological polar surface area (TPSA) is 67.9 Å². The first kappa shape index (κ1) is 21.3. The molecule has 7 heteroatoms. The number of carbonyl (C=O) groups is 2. The Morgan fingerprint density at radius 1 is 1.17 bits per heavy atom. The molecule has 0 unspecified atom stereocenters. The van der Waals surface area contributed by atoms with Crippen molar-refractivity contribution in [2.24, 2.45) is 0 Å². The number of nitrogens with zero attached hydrogens (tertiary/aromatic N) is 1. The molecule has 1 fully saturated rings. The van der Waals surface area contributed by atoms with Crippen LogP contribution in [0, 0.1) is 0 Å². The largest absolute Gasteiger partial charge is 0.452 e. The summed E-state index contributed by atoms with van der Waals surface area (Å²) in [6.45, 7) is 5.66. The summed E-state index contributed by atoms with van der Waals surface area (Å²) >= 11 is 5.97. The first-order chi connectivity index (χ1) is 14.0. The van der Waals surface area contributed by atoms with Crippen molar-refractivity contribution >= 4 is 23.5 Å². The third-order valence-corrected chi connectivity index (χ3v) is 5.00. The fourth-order valence-electron chi connectivity index (χ4n) is 3.12. The molecular weight excluding hydrogens is 392 g/mol. The van der Waals surface area contributed by atoms with Crippen LogP contribution in [0.5, 0.6) is 0 Å². The lowest BCUT2D eigenvalue weighted by Crippen LogP contribution is -2.35. The molecule has 0 aromatic heterocycles. The summed E-state index contributed by atoms with van der Waals surface area (Å²) in [5, 5.41) is 3.40. The van der Waals surface area contributed by atoms with Crippen molar-refractivity contribution in [2.45, 2.75) is 19.5 Å². The highest BCUT2D eigenvalue weighted by Crippen LogP contribution is 2.17. The smallest absolute Gasteiger partial charge is 0.338 e. The first-order valence-electron chi connectivity index (χ1n) is 9.62. The number of amides is 1. The molecule has 29 heavy (non-hydrogen) atoms. The summed E-state index contributed by atoms with van der Waals surface area (Å²) in [6, 6.07) is 14.3. The summed E-state index contributed by atoms with van der Waals surface area (Å²) in [5.74, 6) is -0.886. The minimum absolute atomic E-state index is 0.237. The second-order valence-corrected chi connectivity index (χ2v) is 7.44. The summed E-state index contributed by atoms with van der Waals surface area (Å²) in [4.78, 5) is 26.6. The van der Waals surface area contributed by atoms with Crippen molar-refractivity contribution in [3.8, 4) is 0 Å². The number of morpholine rings is 1. The van der Waals surface area contributed by atoms with E-state index in [9.17, 15) is 9.59 Å². The highest BCUT2D eigenvalue weighted by atomic mass is 35.5. The van der Waals surface area contributed by atoms with Gasteiger partial charge in [-0.25, -0.2) is 4.79 Å². The maximum atomic E-state index is 12.2. The van der Waals surface area contributed by atoms with Crippen molar-refractivity contribution in [3.05, 3.63) is 70.2 Å². The van der Waals surface area contributed by atoms with E-state index in [1.54, 1.807) is 24.3 Å². The van der Waals surface area contributed by atoms with Gasteiger partial charge in [0.25, 0.3) is 5.91 Å². The van der Waals surface area contributed by atoms with E-state index in [0.29, 0.717) is 10.6 Å². The molecule has 3 rings (SSSR count). The Morgan fingerprint density at radius 2 is 1.90 bits per heavy atom. The third kappa shape index (κ3) is 6.56. The van der Waals surface area contributed by atoms with Crippen molar-refractivity contribution in [1.29, 1.82) is 0 Å². The number of nitrogens with one attached hydrogen (secondary N) is 1. The highest BCUT2D eigenvalue weighted by Gasteiger charge is 2.14. The van der Waals surface area contributed by atoms with Gasteiger partial charge in [0.1, 0.15) is 0 Å². The van der Waals surface area contributed by atoms with Gasteiger partial charge in [0.2, 0.25) is 0 Å². The molecule has 1 amide bonds. The quantitative estimate of drug-likeness (QED) is 0.702. The van der Waals surface area contributed by atoms with E-state index in [1.165, 1.54) is 0 Å². The second-order valence-electron chi connectivity index (χ2n) is 7.01. The summed E-state index contributed by atoms with van der Waals surface area (Å²) < 4.78 is 10.5. The van der Waals surface area contributed by atoms with E-state index in [4.69, 9.17) is 21.1 Å². The molecule has 154 valence electrons. The van der Waals surface area contributed by atoms with E-state index < -0.39 is 5.97 Å². The van der Waals surface area contributed by atoms with Crippen molar-refractivity contribution in [1.82, 2.24) is 10.2 Å². The molecule has 1 heterocycles. The van der Waals surface area contributed by atoms with Gasteiger partial charge in [-0.15, -0.1) is 0 Å². The molecule has 1 atom stereocenters. The Morgan fingerprint density at radius 3 is 2.59 bits per heavy atom. The van der Waals surface area contributed by atoms with Crippen molar-refractivity contribution < 1.29 is 19.1 Å². The van der Waals surface area contributed by atoms with Crippen LogP contribution < -0.4 is 5.32 Å². The first-order valence-corrected chi connectivity index (χ1v) is 10.00. The van der Waals surface area contributed by atoms with E-state index in [-0.39, 0.29) is 18.6 Å². The van der Waals surface area contributed by atoms with Gasteiger partial charge in [-0.1, -0.05) is 35.9 Å². The summed E-state index contributed by atoms with van der Waals surface area (Å²) in [6.07, 6.45) is 0. The molecule has 6 nitrogen and oxygen atoms in total. The maximum absolute atomic E-state index is 12.2. The third-order valence-electron chi connectivity index (χ3n) is 4.76. The predicted molar refractivity (Wildman–Crippen MR) is 111 cm³/mol. The molecule has 0 spiro atoms. The van der Waals surface area contributed by atoms with Crippen LogP contribution in [0.1, 0.15) is 34.5 Å². The Hall–Kier alpha value is -2.41. The molecule has 0 aliphatic carbocycles. The van der Waals surface area contributed by atoms with Crippen LogP contribution in [-0.4, -0.2) is 49.7 Å². The van der Waals surface area contributed by atoms with Gasteiger partial charge in [-0.3, -0.25) is 9.69 Å². The maximum Gasteiger partial charge on any atom is 0.338 e. The van der Waals surface area contributed by atoms with Crippen molar-refractivity contribution in [2.75, 3.05) is 32.9 Å². The van der Waals surface area contributed by atoms with E-state index >= 15 is 0 Å². The Bertz CT molecular complexity index is 835. The molecular formula is C22H25ClN2O4. The van der Waals surface area contributed by atoms with Crippen LogP contribution in [0.2, 0.25) is 5.02 Å². The van der Waals surface area contributed by atoms with Gasteiger partial charge >= 0.3 is 5.97 Å². The van der Waals surface area contributed by atoms with Gasteiger partial charge in [0.15, 0.2) is 6.61 Å². The fourth-order valence-corrected chi connectivity index (χ4v) is 3.32. The van der Waals surface area contributed by atoms with Crippen LogP contribution in [0.4, 0.5) is 0 Å². The predicted octanol–water partition coefficient (Wildman–Crippen LogP) is 3.21. The Labute approximate surface area is 175 Å². The standard InChI is InChI=1S/C22H25ClN2O4/c1-16(19-3-2-4-20(23)13-19)24-21(26)15-29-22(27)18-7-5-17(6-8-18)14-25-9-11-28-12-10-25/h2-8,13,16H,9-12,14-15H2,1H3,(H,24,26)/t16-/m0/s1. The molecule has 0 radical (unpaired) electrons. The van der Waals surface area contributed by atoms with Crippen LogP contribution >= 0.6 is 11.6 Å². The lowest BCUT2D eigenvalue weighted by Gasteiger charge is -2.26. The van der Waals surface area contributed by atoms with Gasteiger partial charge in [-0.05, 0) is 42.3 Å². The van der Waals surface area contributed by atoms with Crippen LogP contribution in [-0.2, 0) is 20.8 Å². The average Bonchev–Trinajstić information content (AvgIpc) is 2.73. The van der Waals surface area contributed by atoms with Crippen LogP contribution in [0.25, 0.3) is 0 Å². The van der Waals surface area contributed by atoms with Gasteiger partial charge in [-0.2, -0.15) is 0 Å². The molecule has 1 aliphatic heterocycles. The lowest BCUT2D eigenvalue weighted by atomic mass is 10.1. The summed E-state index contributed by atoms with van der Waals surface area (Å²) in [5.41, 5.74) is 2.43. The average molecular weight is 417 g/mol. The zero-order chi connectivity index (χ0) is 20.6. The number of rotatable bonds is 7. The van der Waals surface area contributed by atoms with Gasteiger partial charge in [0.05, 0.1) is 24.8 Å². The number of carbonyl (C=O) groups excluding carboxylic acids is 2. The molecule has 1 aliphatic rings. The number of halogens is 1. The normalized spacial score (nSPS) is 15.5. The summed E-state index contributed by atoms with van der Waals surface area (Å²) in [7, 11) is 0. The van der Waals surface area contributed by atoms with E-state index in [1.807, 2.05) is 31.2 Å². The molecule has 2 aromatic rings. The van der Waals surface area contributed by atoms with E-state index in [0.717, 1.165) is 44.0 Å². The highest BCUT2D eigenvalue weighted by molar-refractivity contribution is 6.30. The van der Waals surface area contributed by atoms with E-state index in [2.05, 4.69) is 10.2 Å². The number of hydrogen-bond donors (Lipinski definition) is 1. The minimum atomic E-state index is -0.520. The Kier molecular flexibility index (Phi) is 7.63. The zero-order valence-electron chi connectivity index (χ0n) is 16.4. The fraction of sp³-hybridized carbons (Fsp3) is 0.364. The van der Waals surface area contributed by atoms with Crippen LogP contribution in [0.15, 0.2) is 48.5 Å². The van der Waals surface area contributed by atoms with Gasteiger partial charge < -0.3 is 14.8 Å². The molecule has 2 aromatic carbocycles. The molecule has 1 saturated heterocycles. The van der Waals surface area contributed by atoms with Crippen molar-refractivity contribution in [3.63, 3.8) is 0 Å². The second kappa shape index (κ2) is 10.4. The minimum Gasteiger partial charge on any atom is -0.452 e. The molecule has 0 saturated carbocycles. The zero-order valence-corrected chi connectivity index (χ0v) is 17.2. The number of esters is 1. The number of ether oxygens (including phenoxy) is 2. The Balaban J connectivity index is 1.45. The monoisotopic (exact) mass is 416 g/mol.